The van der Waals surface area contributed by atoms with Gasteiger partial charge in [-0.15, -0.1) is 0 Å². The van der Waals surface area contributed by atoms with E-state index >= 15 is 0 Å². The molecule has 0 bridgehead atoms. The molecular weight excluding hydrogens is 184 g/mol. The number of carbonyl (C=O) groups is 1. The van der Waals surface area contributed by atoms with E-state index in [0.29, 0.717) is 11.1 Å². The van der Waals surface area contributed by atoms with Gasteiger partial charge in [-0.1, -0.05) is 6.07 Å². The number of nitrogens with two attached hydrogens (primary N) is 1. The Hall–Kier alpha value is -1.91. The van der Waals surface area contributed by atoms with E-state index in [4.69, 9.17) is 5.73 Å². The number of nitro groups is 1. The zero-order chi connectivity index (χ0) is 10.9. The number of rotatable bonds is 2. The van der Waals surface area contributed by atoms with Crippen molar-refractivity contribution < 1.29 is 9.72 Å². The summed E-state index contributed by atoms with van der Waals surface area (Å²) in [5.74, 6) is -0.648. The fourth-order valence-electron chi connectivity index (χ4n) is 1.38. The highest BCUT2D eigenvalue weighted by Gasteiger charge is 2.19. The van der Waals surface area contributed by atoms with Crippen molar-refractivity contribution in [2.24, 2.45) is 5.73 Å². The van der Waals surface area contributed by atoms with E-state index in [1.165, 1.54) is 19.1 Å². The van der Waals surface area contributed by atoms with Crippen LogP contribution in [-0.2, 0) is 0 Å². The van der Waals surface area contributed by atoms with Crippen LogP contribution in [0.3, 0.4) is 0 Å². The van der Waals surface area contributed by atoms with Crippen LogP contribution in [0.25, 0.3) is 0 Å². The third-order valence-electron chi connectivity index (χ3n) is 2.08. The second kappa shape index (κ2) is 3.45. The molecule has 1 amide bonds. The molecule has 1 aromatic rings. The number of benzene rings is 1. The molecule has 2 N–H and O–H groups in total. The third kappa shape index (κ3) is 1.56. The van der Waals surface area contributed by atoms with Crippen LogP contribution in [0.5, 0.6) is 0 Å². The SMILES string of the molecule is Cc1ccc(C(N)=O)c(C)c1[N+](=O)[O-]. The van der Waals surface area contributed by atoms with E-state index in [1.54, 1.807) is 6.92 Å². The highest BCUT2D eigenvalue weighted by molar-refractivity contribution is 5.95. The van der Waals surface area contributed by atoms with Gasteiger partial charge < -0.3 is 5.73 Å². The van der Waals surface area contributed by atoms with Crippen LogP contribution in [0.2, 0.25) is 0 Å². The molecule has 0 heterocycles. The standard InChI is InChI=1S/C9H10N2O3/c1-5-3-4-7(9(10)12)6(2)8(5)11(13)14/h3-4H,1-2H3,(H2,10,12). The molecule has 1 rings (SSSR count). The fourth-order valence-corrected chi connectivity index (χ4v) is 1.38. The fraction of sp³-hybridized carbons (Fsp3) is 0.222. The predicted octanol–water partition coefficient (Wildman–Crippen LogP) is 1.31. The second-order valence-electron chi connectivity index (χ2n) is 3.02. The average molecular weight is 194 g/mol. The first kappa shape index (κ1) is 10.2. The lowest BCUT2D eigenvalue weighted by Gasteiger charge is -2.04. The van der Waals surface area contributed by atoms with E-state index in [9.17, 15) is 14.9 Å². The van der Waals surface area contributed by atoms with Crippen molar-refractivity contribution in [3.63, 3.8) is 0 Å². The normalized spacial score (nSPS) is 9.86. The largest absolute Gasteiger partial charge is 0.366 e. The van der Waals surface area contributed by atoms with Crippen molar-refractivity contribution in [1.82, 2.24) is 0 Å². The Bertz CT molecular complexity index is 413. The molecule has 0 aliphatic rings. The Labute approximate surface area is 80.7 Å². The molecule has 0 atom stereocenters. The van der Waals surface area contributed by atoms with Gasteiger partial charge in [-0.05, 0) is 19.9 Å². The Morgan fingerprint density at radius 1 is 1.43 bits per heavy atom. The third-order valence-corrected chi connectivity index (χ3v) is 2.08. The lowest BCUT2D eigenvalue weighted by molar-refractivity contribution is -0.386. The molecule has 0 aromatic heterocycles. The molecule has 0 spiro atoms. The molecule has 5 nitrogen and oxygen atoms in total. The summed E-state index contributed by atoms with van der Waals surface area (Å²) in [6.07, 6.45) is 0. The zero-order valence-corrected chi connectivity index (χ0v) is 7.90. The van der Waals surface area contributed by atoms with Crippen LogP contribution < -0.4 is 5.73 Å². The number of hydrogen-bond acceptors (Lipinski definition) is 3. The lowest BCUT2D eigenvalue weighted by atomic mass is 10.0. The number of nitro benzene ring substituents is 1. The minimum absolute atomic E-state index is 0.0405. The van der Waals surface area contributed by atoms with Gasteiger partial charge in [0.05, 0.1) is 4.92 Å². The number of carbonyl (C=O) groups excluding carboxylic acids is 1. The number of hydrogen-bond donors (Lipinski definition) is 1. The van der Waals surface area contributed by atoms with Gasteiger partial charge in [0.15, 0.2) is 0 Å². The average Bonchev–Trinajstić information content (AvgIpc) is 2.02. The summed E-state index contributed by atoms with van der Waals surface area (Å²) >= 11 is 0. The maximum absolute atomic E-state index is 10.9. The lowest BCUT2D eigenvalue weighted by Crippen LogP contribution is -2.13. The van der Waals surface area contributed by atoms with Gasteiger partial charge in [0.2, 0.25) is 5.91 Å². The number of nitrogens with zero attached hydrogens (tertiary/aromatic N) is 1. The Morgan fingerprint density at radius 3 is 2.43 bits per heavy atom. The highest BCUT2D eigenvalue weighted by Crippen LogP contribution is 2.25. The van der Waals surface area contributed by atoms with Crippen molar-refractivity contribution in [2.75, 3.05) is 0 Å². The molecule has 0 aliphatic carbocycles. The number of primary amides is 1. The van der Waals surface area contributed by atoms with Crippen LogP contribution in [0.4, 0.5) is 5.69 Å². The monoisotopic (exact) mass is 194 g/mol. The van der Waals surface area contributed by atoms with Gasteiger partial charge in [0, 0.05) is 16.7 Å². The van der Waals surface area contributed by atoms with Gasteiger partial charge in [-0.2, -0.15) is 0 Å². The Kier molecular flexibility index (Phi) is 2.51. The first-order chi connectivity index (χ1) is 6.45. The predicted molar refractivity (Wildman–Crippen MR) is 51.1 cm³/mol. The van der Waals surface area contributed by atoms with E-state index in [0.717, 1.165) is 0 Å². The Morgan fingerprint density at radius 2 is 2.00 bits per heavy atom. The van der Waals surface area contributed by atoms with Crippen LogP contribution >= 0.6 is 0 Å². The molecule has 0 aliphatic heterocycles. The summed E-state index contributed by atoms with van der Waals surface area (Å²) in [6.45, 7) is 3.14. The van der Waals surface area contributed by atoms with Crippen LogP contribution in [-0.4, -0.2) is 10.8 Å². The molecule has 0 radical (unpaired) electrons. The molecule has 0 saturated carbocycles. The van der Waals surface area contributed by atoms with Gasteiger partial charge in [0.25, 0.3) is 5.69 Å². The summed E-state index contributed by atoms with van der Waals surface area (Å²) in [7, 11) is 0. The number of amides is 1. The summed E-state index contributed by atoms with van der Waals surface area (Å²) in [5, 5.41) is 10.7. The van der Waals surface area contributed by atoms with Crippen LogP contribution in [0.15, 0.2) is 12.1 Å². The molecule has 0 saturated heterocycles. The first-order valence-corrected chi connectivity index (χ1v) is 3.99. The van der Waals surface area contributed by atoms with Crippen molar-refractivity contribution >= 4 is 11.6 Å². The van der Waals surface area contributed by atoms with Crippen LogP contribution in [0.1, 0.15) is 21.5 Å². The van der Waals surface area contributed by atoms with E-state index in [-0.39, 0.29) is 11.3 Å². The first-order valence-electron chi connectivity index (χ1n) is 3.99. The Balaban J connectivity index is 3.49. The maximum Gasteiger partial charge on any atom is 0.275 e. The molecule has 5 heteroatoms. The minimum Gasteiger partial charge on any atom is -0.366 e. The van der Waals surface area contributed by atoms with Gasteiger partial charge in [-0.3, -0.25) is 14.9 Å². The van der Waals surface area contributed by atoms with Gasteiger partial charge >= 0.3 is 0 Å². The molecule has 14 heavy (non-hydrogen) atoms. The van der Waals surface area contributed by atoms with Crippen molar-refractivity contribution in [1.29, 1.82) is 0 Å². The maximum atomic E-state index is 10.9. The smallest absolute Gasteiger partial charge is 0.275 e. The molecule has 1 aromatic carbocycles. The quantitative estimate of drug-likeness (QED) is 0.568. The second-order valence-corrected chi connectivity index (χ2v) is 3.02. The van der Waals surface area contributed by atoms with Crippen molar-refractivity contribution in [3.8, 4) is 0 Å². The summed E-state index contributed by atoms with van der Waals surface area (Å²) in [4.78, 5) is 21.1. The topological polar surface area (TPSA) is 86.2 Å². The van der Waals surface area contributed by atoms with Crippen molar-refractivity contribution in [3.05, 3.63) is 38.9 Å². The summed E-state index contributed by atoms with van der Waals surface area (Å²) in [5.41, 5.74) is 6.08. The molecular formula is C9H10N2O3. The van der Waals surface area contributed by atoms with Gasteiger partial charge in [-0.25, -0.2) is 0 Å². The van der Waals surface area contributed by atoms with Gasteiger partial charge in [0.1, 0.15) is 0 Å². The van der Waals surface area contributed by atoms with E-state index < -0.39 is 10.8 Å². The summed E-state index contributed by atoms with van der Waals surface area (Å²) < 4.78 is 0. The molecule has 0 fully saturated rings. The van der Waals surface area contributed by atoms with Crippen LogP contribution in [0, 0.1) is 24.0 Å². The van der Waals surface area contributed by atoms with E-state index in [1.807, 2.05) is 0 Å². The molecule has 0 unspecified atom stereocenters. The number of aryl methyl sites for hydroxylation is 1. The van der Waals surface area contributed by atoms with E-state index in [2.05, 4.69) is 0 Å². The minimum atomic E-state index is -0.648. The molecule has 74 valence electrons. The van der Waals surface area contributed by atoms with Crippen molar-refractivity contribution in [2.45, 2.75) is 13.8 Å². The highest BCUT2D eigenvalue weighted by atomic mass is 16.6. The summed E-state index contributed by atoms with van der Waals surface area (Å²) in [6, 6.07) is 3.02. The zero-order valence-electron chi connectivity index (χ0n) is 7.90.